The van der Waals surface area contributed by atoms with Crippen molar-refractivity contribution in [2.75, 3.05) is 0 Å². The summed E-state index contributed by atoms with van der Waals surface area (Å²) < 4.78 is 5.43. The molecule has 2 aliphatic rings. The van der Waals surface area contributed by atoms with Crippen LogP contribution < -0.4 is 5.32 Å². The molecule has 0 saturated heterocycles. The van der Waals surface area contributed by atoms with Gasteiger partial charge in [-0.25, -0.2) is 4.79 Å². The van der Waals surface area contributed by atoms with Crippen LogP contribution in [0.2, 0.25) is 0 Å². The molecule has 2 unspecified atom stereocenters. The van der Waals surface area contributed by atoms with Crippen LogP contribution >= 0.6 is 0 Å². The number of carbonyl (C=O) groups is 4. The summed E-state index contributed by atoms with van der Waals surface area (Å²) in [6.07, 6.45) is 4.46. The Labute approximate surface area is 177 Å². The van der Waals surface area contributed by atoms with Crippen LogP contribution in [0.5, 0.6) is 0 Å². The Morgan fingerprint density at radius 2 is 1.60 bits per heavy atom. The molecule has 0 spiro atoms. The highest BCUT2D eigenvalue weighted by atomic mass is 16.5. The first-order chi connectivity index (χ1) is 14.3. The molecule has 0 radical (unpaired) electrons. The molecule has 1 N–H and O–H groups in total. The van der Waals surface area contributed by atoms with E-state index in [1.807, 2.05) is 13.8 Å². The molecule has 1 aromatic rings. The van der Waals surface area contributed by atoms with E-state index < -0.39 is 29.9 Å². The number of esters is 1. The molecule has 1 fully saturated rings. The first-order valence-corrected chi connectivity index (χ1v) is 10.8. The summed E-state index contributed by atoms with van der Waals surface area (Å²) in [6.45, 7) is 5.32. The van der Waals surface area contributed by atoms with E-state index in [2.05, 4.69) is 5.32 Å². The first kappa shape index (κ1) is 22.0. The van der Waals surface area contributed by atoms with Gasteiger partial charge in [0, 0.05) is 6.04 Å². The summed E-state index contributed by atoms with van der Waals surface area (Å²) in [4.78, 5) is 52.1. The molecule has 0 aromatic heterocycles. The second kappa shape index (κ2) is 9.41. The predicted molar refractivity (Wildman–Crippen MR) is 111 cm³/mol. The Morgan fingerprint density at radius 1 is 1.03 bits per heavy atom. The molecule has 0 bridgehead atoms. The molecule has 7 nitrogen and oxygen atoms in total. The van der Waals surface area contributed by atoms with Gasteiger partial charge in [-0.2, -0.15) is 0 Å². The van der Waals surface area contributed by atoms with E-state index in [4.69, 9.17) is 4.74 Å². The number of imide groups is 1. The molecule has 30 heavy (non-hydrogen) atoms. The lowest BCUT2D eigenvalue weighted by atomic mass is 9.95. The zero-order valence-corrected chi connectivity index (χ0v) is 17.8. The van der Waals surface area contributed by atoms with E-state index in [-0.39, 0.29) is 35.4 Å². The van der Waals surface area contributed by atoms with E-state index in [9.17, 15) is 19.2 Å². The van der Waals surface area contributed by atoms with Crippen molar-refractivity contribution < 1.29 is 23.9 Å². The van der Waals surface area contributed by atoms with Crippen LogP contribution in [-0.2, 0) is 14.3 Å². The fourth-order valence-electron chi connectivity index (χ4n) is 4.12. The third-order valence-corrected chi connectivity index (χ3v) is 5.72. The van der Waals surface area contributed by atoms with Crippen LogP contribution in [0, 0.1) is 5.92 Å². The second-order valence-electron chi connectivity index (χ2n) is 8.59. The van der Waals surface area contributed by atoms with Crippen LogP contribution in [0.25, 0.3) is 0 Å². The van der Waals surface area contributed by atoms with Gasteiger partial charge in [-0.3, -0.25) is 19.3 Å². The van der Waals surface area contributed by atoms with Gasteiger partial charge >= 0.3 is 5.97 Å². The SMILES string of the molecule is CC(C)CC(C(=O)OC(C)C(=O)NC1CCCCC1)N1C(=O)c2ccccc2C1=O. The molecular formula is C23H30N2O5. The fraction of sp³-hybridized carbons (Fsp3) is 0.565. The van der Waals surface area contributed by atoms with Crippen LogP contribution in [0.4, 0.5) is 0 Å². The molecule has 1 heterocycles. The summed E-state index contributed by atoms with van der Waals surface area (Å²) in [5, 5.41) is 2.94. The van der Waals surface area contributed by atoms with Crippen molar-refractivity contribution in [2.45, 2.75) is 77.5 Å². The average Bonchev–Trinajstić information content (AvgIpc) is 2.97. The van der Waals surface area contributed by atoms with Crippen molar-refractivity contribution in [3.63, 3.8) is 0 Å². The number of ether oxygens (including phenoxy) is 1. The monoisotopic (exact) mass is 414 g/mol. The lowest BCUT2D eigenvalue weighted by Gasteiger charge is -2.28. The normalized spacial score (nSPS) is 18.9. The summed E-state index contributed by atoms with van der Waals surface area (Å²) >= 11 is 0. The van der Waals surface area contributed by atoms with Crippen molar-refractivity contribution in [3.05, 3.63) is 35.4 Å². The minimum Gasteiger partial charge on any atom is -0.451 e. The van der Waals surface area contributed by atoms with Gasteiger partial charge in [0.05, 0.1) is 11.1 Å². The van der Waals surface area contributed by atoms with Gasteiger partial charge in [-0.15, -0.1) is 0 Å². The lowest BCUT2D eigenvalue weighted by molar-refractivity contribution is -0.159. The maximum atomic E-state index is 13.0. The van der Waals surface area contributed by atoms with Crippen molar-refractivity contribution in [3.8, 4) is 0 Å². The van der Waals surface area contributed by atoms with Gasteiger partial charge in [-0.1, -0.05) is 45.2 Å². The number of hydrogen-bond donors (Lipinski definition) is 1. The number of benzene rings is 1. The largest absolute Gasteiger partial charge is 0.451 e. The smallest absolute Gasteiger partial charge is 0.330 e. The highest BCUT2D eigenvalue weighted by Gasteiger charge is 2.44. The van der Waals surface area contributed by atoms with E-state index in [1.54, 1.807) is 24.3 Å². The zero-order chi connectivity index (χ0) is 21.8. The van der Waals surface area contributed by atoms with Gasteiger partial charge in [-0.05, 0) is 44.2 Å². The average molecular weight is 415 g/mol. The topological polar surface area (TPSA) is 92.8 Å². The Bertz CT molecular complexity index is 794. The molecule has 1 aromatic carbocycles. The van der Waals surface area contributed by atoms with Gasteiger partial charge in [0.15, 0.2) is 6.10 Å². The Kier molecular flexibility index (Phi) is 6.90. The summed E-state index contributed by atoms with van der Waals surface area (Å²) in [5.41, 5.74) is 0.569. The van der Waals surface area contributed by atoms with E-state index in [0.29, 0.717) is 0 Å². The van der Waals surface area contributed by atoms with Gasteiger partial charge in [0.25, 0.3) is 17.7 Å². The Morgan fingerprint density at radius 3 is 2.13 bits per heavy atom. The summed E-state index contributed by atoms with van der Waals surface area (Å²) in [7, 11) is 0. The van der Waals surface area contributed by atoms with Gasteiger partial charge < -0.3 is 10.1 Å². The van der Waals surface area contributed by atoms with Crippen LogP contribution in [0.3, 0.4) is 0 Å². The maximum Gasteiger partial charge on any atom is 0.330 e. The zero-order valence-electron chi connectivity index (χ0n) is 17.8. The van der Waals surface area contributed by atoms with Crippen molar-refractivity contribution in [1.82, 2.24) is 10.2 Å². The third kappa shape index (κ3) is 4.71. The molecule has 7 heteroatoms. The number of fused-ring (bicyclic) bond motifs is 1. The Balaban J connectivity index is 1.71. The van der Waals surface area contributed by atoms with Crippen LogP contribution in [0.15, 0.2) is 24.3 Å². The number of hydrogen-bond acceptors (Lipinski definition) is 5. The van der Waals surface area contributed by atoms with Gasteiger partial charge in [0.1, 0.15) is 6.04 Å². The van der Waals surface area contributed by atoms with Gasteiger partial charge in [0.2, 0.25) is 0 Å². The Hall–Kier alpha value is -2.70. The number of nitrogens with zero attached hydrogens (tertiary/aromatic N) is 1. The molecular weight excluding hydrogens is 384 g/mol. The minimum atomic E-state index is -1.07. The molecule has 162 valence electrons. The standard InChI is InChI=1S/C23H30N2O5/c1-14(2)13-19(25-21(27)17-11-7-8-12-18(17)22(25)28)23(29)30-15(3)20(26)24-16-9-5-4-6-10-16/h7-8,11-12,14-16,19H,4-6,9-10,13H2,1-3H3,(H,24,26). The number of amides is 3. The van der Waals surface area contributed by atoms with E-state index in [1.165, 1.54) is 13.3 Å². The van der Waals surface area contributed by atoms with E-state index in [0.717, 1.165) is 30.6 Å². The molecule has 1 saturated carbocycles. The second-order valence-corrected chi connectivity index (χ2v) is 8.59. The molecule has 3 rings (SSSR count). The van der Waals surface area contributed by atoms with E-state index >= 15 is 0 Å². The van der Waals surface area contributed by atoms with Crippen LogP contribution in [0.1, 0.15) is 80.0 Å². The van der Waals surface area contributed by atoms with Crippen LogP contribution in [-0.4, -0.2) is 46.8 Å². The first-order valence-electron chi connectivity index (χ1n) is 10.8. The van der Waals surface area contributed by atoms with Crippen molar-refractivity contribution in [1.29, 1.82) is 0 Å². The number of nitrogens with one attached hydrogen (secondary N) is 1. The maximum absolute atomic E-state index is 13.0. The highest BCUT2D eigenvalue weighted by molar-refractivity contribution is 6.22. The third-order valence-electron chi connectivity index (χ3n) is 5.72. The molecule has 1 aliphatic carbocycles. The predicted octanol–water partition coefficient (Wildman–Crippen LogP) is 3.08. The number of rotatable bonds is 7. The lowest BCUT2D eigenvalue weighted by Crippen LogP contribution is -2.49. The molecule has 1 aliphatic heterocycles. The number of carbonyl (C=O) groups excluding carboxylic acids is 4. The fourth-order valence-corrected chi connectivity index (χ4v) is 4.12. The molecule has 2 atom stereocenters. The quantitative estimate of drug-likeness (QED) is 0.547. The van der Waals surface area contributed by atoms with Crippen molar-refractivity contribution in [2.24, 2.45) is 5.92 Å². The van der Waals surface area contributed by atoms with Crippen molar-refractivity contribution >= 4 is 23.7 Å². The highest BCUT2D eigenvalue weighted by Crippen LogP contribution is 2.27. The summed E-state index contributed by atoms with van der Waals surface area (Å²) in [5.74, 6) is -2.04. The minimum absolute atomic E-state index is 0.0400. The molecule has 3 amide bonds. The summed E-state index contributed by atoms with van der Waals surface area (Å²) in [6, 6.07) is 5.56.